The maximum atomic E-state index is 11.6. The van der Waals surface area contributed by atoms with Gasteiger partial charge in [-0.05, 0) is 38.5 Å². The van der Waals surface area contributed by atoms with Crippen LogP contribution in [0.25, 0.3) is 0 Å². The summed E-state index contributed by atoms with van der Waals surface area (Å²) < 4.78 is 35.7. The van der Waals surface area contributed by atoms with Crippen molar-refractivity contribution in [3.63, 3.8) is 0 Å². The molecule has 0 saturated carbocycles. The first-order valence-electron chi connectivity index (χ1n) is 9.65. The Morgan fingerprint density at radius 1 is 1.26 bits per heavy atom. The van der Waals surface area contributed by atoms with E-state index in [0.29, 0.717) is 19.0 Å². The van der Waals surface area contributed by atoms with Crippen LogP contribution >= 0.6 is 24.0 Å². The minimum atomic E-state index is -3.06. The lowest BCUT2D eigenvalue weighted by Gasteiger charge is -2.29. The van der Waals surface area contributed by atoms with Gasteiger partial charge in [-0.2, -0.15) is 0 Å². The molecule has 2 saturated heterocycles. The van der Waals surface area contributed by atoms with Crippen molar-refractivity contribution in [2.24, 2.45) is 10.9 Å². The molecule has 2 aliphatic heterocycles. The van der Waals surface area contributed by atoms with Crippen molar-refractivity contribution in [3.8, 4) is 0 Å². The Balaban J connectivity index is 0.00000364. The largest absolute Gasteiger partial charge is 0.379 e. The second-order valence-electron chi connectivity index (χ2n) is 6.96. The Morgan fingerprint density at radius 2 is 2.00 bits per heavy atom. The summed E-state index contributed by atoms with van der Waals surface area (Å²) >= 11 is 0. The van der Waals surface area contributed by atoms with Gasteiger partial charge in [0, 0.05) is 45.9 Å². The molecule has 0 amide bonds. The number of hydrogen-bond acceptors (Lipinski definition) is 5. The fourth-order valence-corrected chi connectivity index (χ4v) is 4.03. The van der Waals surface area contributed by atoms with Crippen molar-refractivity contribution >= 4 is 40.0 Å². The molecule has 0 aromatic heterocycles. The van der Waals surface area contributed by atoms with Gasteiger partial charge in [0.25, 0.3) is 0 Å². The Kier molecular flexibility index (Phi) is 12.1. The number of nitrogens with zero attached hydrogens (tertiary/aromatic N) is 2. The van der Waals surface area contributed by atoms with E-state index in [4.69, 9.17) is 9.47 Å². The minimum Gasteiger partial charge on any atom is -0.379 e. The van der Waals surface area contributed by atoms with Gasteiger partial charge in [0.15, 0.2) is 5.96 Å². The summed E-state index contributed by atoms with van der Waals surface area (Å²) in [4.78, 5) is 4.67. The van der Waals surface area contributed by atoms with Gasteiger partial charge in [-0.15, -0.1) is 24.0 Å². The van der Waals surface area contributed by atoms with E-state index in [-0.39, 0.29) is 30.1 Å². The number of piperidine rings is 1. The third-order valence-corrected chi connectivity index (χ3v) is 6.05. The highest BCUT2D eigenvalue weighted by Gasteiger charge is 2.24. The summed E-state index contributed by atoms with van der Waals surface area (Å²) in [6.07, 6.45) is 5.20. The zero-order valence-corrected chi connectivity index (χ0v) is 19.6. The second-order valence-corrected chi connectivity index (χ2v) is 8.94. The van der Waals surface area contributed by atoms with Gasteiger partial charge in [0.2, 0.25) is 10.0 Å². The van der Waals surface area contributed by atoms with Crippen LogP contribution in [0.1, 0.15) is 32.6 Å². The first kappa shape index (κ1) is 24.9. The molecular weight excluding hydrogens is 483 g/mol. The smallest absolute Gasteiger partial charge is 0.211 e. The van der Waals surface area contributed by atoms with Gasteiger partial charge in [-0.3, -0.25) is 4.99 Å². The summed E-state index contributed by atoms with van der Waals surface area (Å²) in [5.74, 6) is 1.26. The van der Waals surface area contributed by atoms with Crippen molar-refractivity contribution in [2.75, 3.05) is 58.8 Å². The SMILES string of the molecule is CCNC(=NCC1CCN(S(C)(=O)=O)CC1)NCCCOC1CCOC1.I. The number of ether oxygens (including phenoxy) is 2. The Hall–Kier alpha value is -0.170. The van der Waals surface area contributed by atoms with Crippen LogP contribution in [-0.2, 0) is 19.5 Å². The van der Waals surface area contributed by atoms with Crippen molar-refractivity contribution in [1.29, 1.82) is 0 Å². The van der Waals surface area contributed by atoms with Crippen molar-refractivity contribution in [3.05, 3.63) is 0 Å². The molecule has 0 spiro atoms. The molecule has 0 aromatic rings. The molecule has 2 rings (SSSR count). The molecule has 27 heavy (non-hydrogen) atoms. The van der Waals surface area contributed by atoms with E-state index in [2.05, 4.69) is 15.6 Å². The van der Waals surface area contributed by atoms with Crippen LogP contribution in [0, 0.1) is 5.92 Å². The molecule has 2 heterocycles. The normalized spacial score (nSPS) is 22.4. The minimum absolute atomic E-state index is 0. The summed E-state index contributed by atoms with van der Waals surface area (Å²) in [5, 5.41) is 6.60. The topological polar surface area (TPSA) is 92.3 Å². The third-order valence-electron chi connectivity index (χ3n) is 4.75. The van der Waals surface area contributed by atoms with Crippen LogP contribution in [0.15, 0.2) is 4.99 Å². The first-order valence-corrected chi connectivity index (χ1v) is 11.5. The average molecular weight is 518 g/mol. The van der Waals surface area contributed by atoms with E-state index in [1.54, 1.807) is 4.31 Å². The van der Waals surface area contributed by atoms with Crippen molar-refractivity contribution in [1.82, 2.24) is 14.9 Å². The molecule has 2 aliphatic rings. The highest BCUT2D eigenvalue weighted by Crippen LogP contribution is 2.19. The molecule has 8 nitrogen and oxygen atoms in total. The molecule has 160 valence electrons. The lowest BCUT2D eigenvalue weighted by molar-refractivity contribution is 0.0420. The molecule has 10 heteroatoms. The summed E-state index contributed by atoms with van der Waals surface area (Å²) in [6, 6.07) is 0. The van der Waals surface area contributed by atoms with Gasteiger partial charge >= 0.3 is 0 Å². The van der Waals surface area contributed by atoms with Gasteiger partial charge in [0.05, 0.1) is 19.0 Å². The fourth-order valence-electron chi connectivity index (χ4n) is 3.16. The summed E-state index contributed by atoms with van der Waals surface area (Å²) in [7, 11) is -3.06. The predicted molar refractivity (Wildman–Crippen MR) is 118 cm³/mol. The highest BCUT2D eigenvalue weighted by atomic mass is 127. The lowest BCUT2D eigenvalue weighted by atomic mass is 9.98. The van der Waals surface area contributed by atoms with Gasteiger partial charge in [-0.25, -0.2) is 12.7 Å². The van der Waals surface area contributed by atoms with Crippen LogP contribution in [0.5, 0.6) is 0 Å². The zero-order valence-electron chi connectivity index (χ0n) is 16.5. The molecule has 1 unspecified atom stereocenters. The van der Waals surface area contributed by atoms with Gasteiger partial charge in [0.1, 0.15) is 0 Å². The van der Waals surface area contributed by atoms with Crippen LogP contribution in [-0.4, -0.2) is 83.6 Å². The molecule has 1 atom stereocenters. The Morgan fingerprint density at radius 3 is 2.59 bits per heavy atom. The van der Waals surface area contributed by atoms with Gasteiger partial charge < -0.3 is 20.1 Å². The van der Waals surface area contributed by atoms with Crippen LogP contribution < -0.4 is 10.6 Å². The van der Waals surface area contributed by atoms with E-state index in [9.17, 15) is 8.42 Å². The monoisotopic (exact) mass is 518 g/mol. The quantitative estimate of drug-likeness (QED) is 0.205. The number of hydrogen-bond donors (Lipinski definition) is 2. The second kappa shape index (κ2) is 13.1. The molecule has 2 N–H and O–H groups in total. The van der Waals surface area contributed by atoms with Crippen molar-refractivity contribution < 1.29 is 17.9 Å². The van der Waals surface area contributed by atoms with Crippen LogP contribution in [0.2, 0.25) is 0 Å². The maximum Gasteiger partial charge on any atom is 0.211 e. The summed E-state index contributed by atoms with van der Waals surface area (Å²) in [6.45, 7) is 7.85. The predicted octanol–water partition coefficient (Wildman–Crippen LogP) is 1.03. The molecule has 2 fully saturated rings. The lowest BCUT2D eigenvalue weighted by Crippen LogP contribution is -2.40. The number of rotatable bonds is 9. The van der Waals surface area contributed by atoms with Crippen molar-refractivity contribution in [2.45, 2.75) is 38.7 Å². The molecule has 0 radical (unpaired) electrons. The standard InChI is InChI=1S/C17H34N4O4S.HI/c1-3-18-17(19-8-4-11-25-16-7-12-24-14-16)20-13-15-5-9-21(10-6-15)26(2,22)23;/h15-16H,3-14H2,1-2H3,(H2,18,19,20);1H. The van der Waals surface area contributed by atoms with E-state index in [0.717, 1.165) is 71.1 Å². The maximum absolute atomic E-state index is 11.6. The highest BCUT2D eigenvalue weighted by molar-refractivity contribution is 14.0. The zero-order chi connectivity index (χ0) is 18.8. The van der Waals surface area contributed by atoms with E-state index in [1.165, 1.54) is 6.26 Å². The number of aliphatic imine (C=N–C) groups is 1. The number of sulfonamides is 1. The number of guanidine groups is 1. The summed E-state index contributed by atoms with van der Waals surface area (Å²) in [5.41, 5.74) is 0. The van der Waals surface area contributed by atoms with E-state index < -0.39 is 10.0 Å². The molecule has 0 aromatic carbocycles. The number of halogens is 1. The molecular formula is C17H35IN4O4S. The third kappa shape index (κ3) is 9.73. The fraction of sp³-hybridized carbons (Fsp3) is 0.941. The average Bonchev–Trinajstić information content (AvgIpc) is 3.12. The molecule has 0 bridgehead atoms. The van der Waals surface area contributed by atoms with E-state index in [1.807, 2.05) is 6.92 Å². The Labute approximate surface area is 180 Å². The molecule has 0 aliphatic carbocycles. The Bertz CT molecular complexity index is 533. The van der Waals surface area contributed by atoms with Crippen LogP contribution in [0.3, 0.4) is 0 Å². The van der Waals surface area contributed by atoms with Crippen LogP contribution in [0.4, 0.5) is 0 Å². The number of nitrogens with one attached hydrogen (secondary N) is 2. The first-order chi connectivity index (χ1) is 12.5. The van der Waals surface area contributed by atoms with Gasteiger partial charge in [-0.1, -0.05) is 0 Å². The van der Waals surface area contributed by atoms with E-state index >= 15 is 0 Å².